The molecule has 0 unspecified atom stereocenters. The molecule has 0 aliphatic heterocycles. The summed E-state index contributed by atoms with van der Waals surface area (Å²) < 4.78 is 37.1. The fraction of sp³-hybridized carbons (Fsp3) is 0.0714. The van der Waals surface area contributed by atoms with Crippen LogP contribution in [-0.2, 0) is 13.6 Å². The molecular weight excluding hydrogens is 504 g/mol. The maximum Gasteiger partial charge on any atom is 0.319 e. The Balaban J connectivity index is 1.38. The van der Waals surface area contributed by atoms with Gasteiger partial charge in [0.05, 0.1) is 24.7 Å². The van der Waals surface area contributed by atoms with Crippen molar-refractivity contribution in [2.75, 3.05) is 5.32 Å². The number of aromatic nitrogens is 5. The molecule has 0 saturated heterocycles. The minimum atomic E-state index is -0.727. The highest BCUT2D eigenvalue weighted by molar-refractivity contribution is 5.91. The number of urea groups is 1. The second-order valence-electron chi connectivity index (χ2n) is 8.86. The van der Waals surface area contributed by atoms with E-state index in [9.17, 15) is 13.6 Å². The van der Waals surface area contributed by atoms with Crippen LogP contribution in [0.1, 0.15) is 5.76 Å². The molecule has 0 aliphatic carbocycles. The molecule has 11 heteroatoms. The van der Waals surface area contributed by atoms with E-state index in [1.807, 2.05) is 19.3 Å². The van der Waals surface area contributed by atoms with E-state index in [4.69, 9.17) is 4.42 Å². The van der Waals surface area contributed by atoms with E-state index in [-0.39, 0.29) is 12.1 Å². The Labute approximate surface area is 220 Å². The van der Waals surface area contributed by atoms with Gasteiger partial charge in [0.25, 0.3) is 0 Å². The molecular formula is C28H21F2N7O2. The number of hydrogen-bond acceptors (Lipinski definition) is 5. The number of carbonyl (C=O) groups is 1. The van der Waals surface area contributed by atoms with E-state index in [0.29, 0.717) is 33.9 Å². The van der Waals surface area contributed by atoms with E-state index < -0.39 is 17.7 Å². The molecule has 0 aliphatic rings. The van der Waals surface area contributed by atoms with Crippen molar-refractivity contribution < 1.29 is 18.0 Å². The summed E-state index contributed by atoms with van der Waals surface area (Å²) in [6.45, 7) is 0.188. The normalized spacial score (nSPS) is 11.2. The quantitative estimate of drug-likeness (QED) is 0.291. The molecule has 0 fully saturated rings. The number of furan rings is 1. The first-order chi connectivity index (χ1) is 18.9. The van der Waals surface area contributed by atoms with Gasteiger partial charge in [-0.05, 0) is 54.1 Å². The Morgan fingerprint density at radius 1 is 1.00 bits per heavy atom. The average molecular weight is 526 g/mol. The van der Waals surface area contributed by atoms with Gasteiger partial charge >= 0.3 is 6.03 Å². The van der Waals surface area contributed by atoms with Gasteiger partial charge in [-0.2, -0.15) is 5.10 Å². The summed E-state index contributed by atoms with van der Waals surface area (Å²) in [6.07, 6.45) is 8.48. The Hall–Kier alpha value is -5.32. The number of amides is 2. The average Bonchev–Trinajstić information content (AvgIpc) is 3.68. The smallest absolute Gasteiger partial charge is 0.319 e. The van der Waals surface area contributed by atoms with Gasteiger partial charge in [-0.25, -0.2) is 23.5 Å². The molecule has 0 spiro atoms. The Morgan fingerprint density at radius 2 is 1.90 bits per heavy atom. The summed E-state index contributed by atoms with van der Waals surface area (Å²) in [7, 11) is 1.84. The lowest BCUT2D eigenvalue weighted by Crippen LogP contribution is -2.28. The van der Waals surface area contributed by atoms with Crippen LogP contribution in [0, 0.1) is 11.6 Å². The first-order valence-electron chi connectivity index (χ1n) is 11.9. The third-order valence-corrected chi connectivity index (χ3v) is 6.13. The van der Waals surface area contributed by atoms with Crippen LogP contribution in [0.15, 0.2) is 90.2 Å². The van der Waals surface area contributed by atoms with Crippen LogP contribution in [0.4, 0.5) is 19.3 Å². The Morgan fingerprint density at radius 3 is 2.67 bits per heavy atom. The van der Waals surface area contributed by atoms with Crippen LogP contribution in [0.25, 0.3) is 39.1 Å². The number of benzene rings is 2. The predicted molar refractivity (Wildman–Crippen MR) is 141 cm³/mol. The maximum absolute atomic E-state index is 14.8. The summed E-state index contributed by atoms with van der Waals surface area (Å²) >= 11 is 0. The number of nitrogens with zero attached hydrogens (tertiary/aromatic N) is 5. The molecule has 4 aromatic heterocycles. The van der Waals surface area contributed by atoms with Crippen molar-refractivity contribution in [1.82, 2.24) is 29.6 Å². The minimum absolute atomic E-state index is 0.175. The first-order valence-corrected chi connectivity index (χ1v) is 11.9. The van der Waals surface area contributed by atoms with Crippen LogP contribution in [-0.4, -0.2) is 30.3 Å². The minimum Gasteiger partial charge on any atom is -0.467 e. The second-order valence-corrected chi connectivity index (χ2v) is 8.86. The summed E-state index contributed by atoms with van der Waals surface area (Å²) in [5, 5.41) is 9.69. The number of anilines is 1. The molecule has 39 heavy (non-hydrogen) atoms. The molecule has 194 valence electrons. The van der Waals surface area contributed by atoms with Crippen molar-refractivity contribution in [2.45, 2.75) is 6.54 Å². The number of pyridine rings is 1. The monoisotopic (exact) mass is 525 g/mol. The zero-order valence-electron chi connectivity index (χ0n) is 20.6. The fourth-order valence-electron chi connectivity index (χ4n) is 4.28. The molecule has 2 amide bonds. The summed E-state index contributed by atoms with van der Waals surface area (Å²) in [5.41, 5.74) is 4.53. The third-order valence-electron chi connectivity index (χ3n) is 6.13. The highest BCUT2D eigenvalue weighted by Gasteiger charge is 2.15. The highest BCUT2D eigenvalue weighted by atomic mass is 19.1. The van der Waals surface area contributed by atoms with Crippen molar-refractivity contribution >= 4 is 22.9 Å². The van der Waals surface area contributed by atoms with Gasteiger partial charge in [0, 0.05) is 47.9 Å². The summed E-state index contributed by atoms with van der Waals surface area (Å²) in [6, 6.07) is 13.3. The van der Waals surface area contributed by atoms with Gasteiger partial charge < -0.3 is 15.1 Å². The number of rotatable bonds is 6. The van der Waals surface area contributed by atoms with Crippen molar-refractivity contribution in [3.8, 4) is 27.9 Å². The van der Waals surface area contributed by atoms with Crippen LogP contribution >= 0.6 is 0 Å². The number of hydrogen-bond donors (Lipinski definition) is 2. The molecule has 9 nitrogen and oxygen atoms in total. The van der Waals surface area contributed by atoms with Crippen LogP contribution in [0.5, 0.6) is 0 Å². The lowest BCUT2D eigenvalue weighted by molar-refractivity contribution is 0.251. The van der Waals surface area contributed by atoms with Crippen molar-refractivity contribution in [3.63, 3.8) is 0 Å². The van der Waals surface area contributed by atoms with E-state index in [1.54, 1.807) is 58.3 Å². The summed E-state index contributed by atoms with van der Waals surface area (Å²) in [5.74, 6) is -0.818. The van der Waals surface area contributed by atoms with Crippen molar-refractivity contribution in [1.29, 1.82) is 0 Å². The van der Waals surface area contributed by atoms with Gasteiger partial charge in [0.1, 0.15) is 29.2 Å². The van der Waals surface area contributed by atoms with E-state index in [1.165, 1.54) is 18.4 Å². The van der Waals surface area contributed by atoms with Crippen LogP contribution < -0.4 is 10.6 Å². The van der Waals surface area contributed by atoms with E-state index in [2.05, 4.69) is 25.7 Å². The molecule has 2 N–H and O–H groups in total. The molecule has 0 radical (unpaired) electrons. The highest BCUT2D eigenvalue weighted by Crippen LogP contribution is 2.31. The van der Waals surface area contributed by atoms with Crippen LogP contribution in [0.2, 0.25) is 0 Å². The van der Waals surface area contributed by atoms with E-state index in [0.717, 1.165) is 17.2 Å². The SMILES string of the molecule is Cn1cc(-c2cnc3c(c2)ncn3-c2cc(NC(=O)NCc3ccco3)cc(-c3ccc(F)cc3F)c2)cn1. The van der Waals surface area contributed by atoms with Crippen molar-refractivity contribution in [3.05, 3.63) is 103 Å². The lowest BCUT2D eigenvalue weighted by Gasteiger charge is -2.13. The number of imidazole rings is 1. The van der Waals surface area contributed by atoms with Crippen molar-refractivity contribution in [2.24, 2.45) is 7.05 Å². The number of fused-ring (bicyclic) bond motifs is 1. The largest absolute Gasteiger partial charge is 0.467 e. The number of halogens is 2. The van der Waals surface area contributed by atoms with Gasteiger partial charge in [0.15, 0.2) is 5.65 Å². The number of aryl methyl sites for hydroxylation is 1. The standard InChI is InChI=1S/C28H21F2N7O2/c1-36-15-19(13-34-36)18-9-26-27(31-12-18)37(16-33-26)22-8-17(24-5-4-20(29)10-25(24)30)7-21(11-22)35-28(38)32-14-23-3-2-6-39-23/h2-13,15-16H,14H2,1H3,(H2,32,35,38). The second kappa shape index (κ2) is 9.86. The van der Waals surface area contributed by atoms with Gasteiger partial charge in [-0.3, -0.25) is 9.25 Å². The molecule has 4 heterocycles. The molecule has 2 aromatic carbocycles. The number of carbonyl (C=O) groups excluding carboxylic acids is 1. The summed E-state index contributed by atoms with van der Waals surface area (Å²) in [4.78, 5) is 21.7. The fourth-order valence-corrected chi connectivity index (χ4v) is 4.28. The third kappa shape index (κ3) is 4.97. The molecule has 0 atom stereocenters. The molecule has 6 aromatic rings. The lowest BCUT2D eigenvalue weighted by atomic mass is 10.0. The van der Waals surface area contributed by atoms with Gasteiger partial charge in [-0.15, -0.1) is 0 Å². The van der Waals surface area contributed by atoms with E-state index >= 15 is 0 Å². The Bertz CT molecular complexity index is 1810. The topological polar surface area (TPSA) is 103 Å². The van der Waals surface area contributed by atoms with Gasteiger partial charge in [-0.1, -0.05) is 0 Å². The zero-order chi connectivity index (χ0) is 26.9. The maximum atomic E-state index is 14.8. The zero-order valence-corrected chi connectivity index (χ0v) is 20.6. The predicted octanol–water partition coefficient (Wildman–Crippen LogP) is 5.68. The molecule has 0 bridgehead atoms. The first kappa shape index (κ1) is 24.0. The molecule has 0 saturated carbocycles. The number of nitrogens with one attached hydrogen (secondary N) is 2. The van der Waals surface area contributed by atoms with Crippen LogP contribution in [0.3, 0.4) is 0 Å². The molecule has 6 rings (SSSR count). The van der Waals surface area contributed by atoms with Gasteiger partial charge in [0.2, 0.25) is 0 Å². The Kier molecular flexibility index (Phi) is 6.08.